The second-order valence-corrected chi connectivity index (χ2v) is 12.6. The van der Waals surface area contributed by atoms with Gasteiger partial charge in [-0.2, -0.15) is 0 Å². The van der Waals surface area contributed by atoms with Gasteiger partial charge in [-0.3, -0.25) is 4.79 Å². The number of urea groups is 1. The van der Waals surface area contributed by atoms with Crippen LogP contribution in [-0.2, 0) is 14.6 Å². The van der Waals surface area contributed by atoms with Crippen LogP contribution in [0.25, 0.3) is 33.4 Å². The summed E-state index contributed by atoms with van der Waals surface area (Å²) in [6, 6.07) is 25.8. The first-order chi connectivity index (χ1) is 21.6. The summed E-state index contributed by atoms with van der Waals surface area (Å²) in [5, 5.41) is 6.39. The van der Waals surface area contributed by atoms with Gasteiger partial charge in [0.15, 0.2) is 15.7 Å². The monoisotopic (exact) mass is 622 g/mol. The van der Waals surface area contributed by atoms with Crippen molar-refractivity contribution in [2.24, 2.45) is 5.73 Å². The molecule has 1 aliphatic rings. The van der Waals surface area contributed by atoms with Crippen molar-refractivity contribution < 1.29 is 22.7 Å². The molecule has 0 radical (unpaired) electrons. The van der Waals surface area contributed by atoms with Crippen molar-refractivity contribution in [2.45, 2.75) is 4.90 Å². The van der Waals surface area contributed by atoms with Crippen molar-refractivity contribution in [3.8, 4) is 22.5 Å². The van der Waals surface area contributed by atoms with Crippen LogP contribution in [0.1, 0.15) is 10.4 Å². The van der Waals surface area contributed by atoms with Crippen LogP contribution in [-0.4, -0.2) is 62.9 Å². The number of ether oxygens (including phenoxy) is 1. The molecule has 1 aliphatic heterocycles. The largest absolute Gasteiger partial charge is 0.378 e. The Morgan fingerprint density at radius 2 is 1.42 bits per heavy atom. The lowest BCUT2D eigenvalue weighted by Gasteiger charge is -2.29. The lowest BCUT2D eigenvalue weighted by molar-refractivity contribution is 0.1000. The number of hydrogen-bond donors (Lipinski definition) is 3. The summed E-state index contributed by atoms with van der Waals surface area (Å²) in [5.41, 5.74) is 9.76. The summed E-state index contributed by atoms with van der Waals surface area (Å²) in [7, 11) is -3.36. The normalized spacial score (nSPS) is 13.4. The number of sulfone groups is 1. The number of carbonyl (C=O) groups is 2. The van der Waals surface area contributed by atoms with Crippen LogP contribution < -0.4 is 21.3 Å². The molecule has 11 nitrogen and oxygen atoms in total. The van der Waals surface area contributed by atoms with Crippen molar-refractivity contribution in [2.75, 3.05) is 48.1 Å². The van der Waals surface area contributed by atoms with E-state index in [1.807, 2.05) is 36.4 Å². The average molecular weight is 623 g/mol. The van der Waals surface area contributed by atoms with Gasteiger partial charge in [0.25, 0.3) is 0 Å². The Balaban J connectivity index is 1.29. The fourth-order valence-corrected chi connectivity index (χ4v) is 5.72. The van der Waals surface area contributed by atoms with Crippen LogP contribution >= 0.6 is 0 Å². The molecule has 228 valence electrons. The van der Waals surface area contributed by atoms with Gasteiger partial charge in [0.1, 0.15) is 5.82 Å². The van der Waals surface area contributed by atoms with Crippen LogP contribution in [0.15, 0.2) is 95.9 Å². The van der Waals surface area contributed by atoms with Crippen LogP contribution in [0.2, 0.25) is 0 Å². The molecule has 0 spiro atoms. The van der Waals surface area contributed by atoms with Crippen LogP contribution in [0, 0.1) is 0 Å². The van der Waals surface area contributed by atoms with E-state index in [2.05, 4.69) is 15.5 Å². The lowest BCUT2D eigenvalue weighted by Crippen LogP contribution is -2.37. The fourth-order valence-electron chi connectivity index (χ4n) is 5.06. The standard InChI is InChI=1S/C33H30N6O5S/c1-45(42,43)27-4-2-3-23(19-27)24-9-14-28-29(20-24)37-31(38-32(28)39-15-17-44-18-16-39)22-7-12-26(13-8-22)36-33(41)35-25-10-5-21(6-11-25)30(34)40/h2-14,19-20H,15-18H2,1H3,(H2,34,40)(H2,35,36,41). The summed E-state index contributed by atoms with van der Waals surface area (Å²) in [4.78, 5) is 36.1. The van der Waals surface area contributed by atoms with Crippen LogP contribution in [0.4, 0.5) is 22.0 Å². The van der Waals surface area contributed by atoms with E-state index < -0.39 is 21.8 Å². The Morgan fingerprint density at radius 1 is 0.800 bits per heavy atom. The highest BCUT2D eigenvalue weighted by atomic mass is 32.2. The zero-order chi connectivity index (χ0) is 31.6. The molecule has 5 aromatic rings. The second-order valence-electron chi connectivity index (χ2n) is 10.6. The van der Waals surface area contributed by atoms with E-state index in [0.717, 1.165) is 27.9 Å². The fraction of sp³-hybridized carbons (Fsp3) is 0.152. The number of nitrogens with zero attached hydrogens (tertiary/aromatic N) is 3. The molecule has 12 heteroatoms. The highest BCUT2D eigenvalue weighted by Crippen LogP contribution is 2.32. The van der Waals surface area contributed by atoms with Gasteiger partial charge in [-0.1, -0.05) is 18.2 Å². The van der Waals surface area contributed by atoms with Gasteiger partial charge in [-0.15, -0.1) is 0 Å². The Bertz CT molecular complexity index is 2010. The topological polar surface area (TPSA) is 157 Å². The molecule has 1 fully saturated rings. The van der Waals surface area contributed by atoms with E-state index in [1.165, 1.54) is 18.4 Å². The minimum absolute atomic E-state index is 0.251. The molecule has 1 aromatic heterocycles. The van der Waals surface area contributed by atoms with Gasteiger partial charge in [0.2, 0.25) is 5.91 Å². The first-order valence-electron chi connectivity index (χ1n) is 14.2. The molecule has 3 amide bonds. The third kappa shape index (κ3) is 6.77. The number of primary amides is 1. The van der Waals surface area contributed by atoms with E-state index in [9.17, 15) is 18.0 Å². The van der Waals surface area contributed by atoms with Crippen molar-refractivity contribution in [3.63, 3.8) is 0 Å². The molecular formula is C33H30N6O5S. The molecule has 2 heterocycles. The number of carbonyl (C=O) groups excluding carboxylic acids is 2. The molecule has 45 heavy (non-hydrogen) atoms. The van der Waals surface area contributed by atoms with E-state index in [0.29, 0.717) is 54.6 Å². The van der Waals surface area contributed by atoms with Crippen molar-refractivity contribution in [3.05, 3.63) is 96.6 Å². The van der Waals surface area contributed by atoms with Gasteiger partial charge in [-0.05, 0) is 83.9 Å². The van der Waals surface area contributed by atoms with Gasteiger partial charge in [-0.25, -0.2) is 23.2 Å². The molecule has 0 atom stereocenters. The number of fused-ring (bicyclic) bond motifs is 1. The molecule has 1 saturated heterocycles. The molecule has 4 aromatic carbocycles. The summed E-state index contributed by atoms with van der Waals surface area (Å²) >= 11 is 0. The molecule has 0 saturated carbocycles. The average Bonchev–Trinajstić information content (AvgIpc) is 3.04. The van der Waals surface area contributed by atoms with E-state index >= 15 is 0 Å². The SMILES string of the molecule is CS(=O)(=O)c1cccc(-c2ccc3c(N4CCOCC4)nc(-c4ccc(NC(=O)Nc5ccc(C(N)=O)cc5)cc4)nc3c2)c1. The number of anilines is 3. The number of amides is 3. The molecule has 0 aliphatic carbocycles. The maximum Gasteiger partial charge on any atom is 0.323 e. The third-order valence-electron chi connectivity index (χ3n) is 7.41. The highest BCUT2D eigenvalue weighted by molar-refractivity contribution is 7.90. The van der Waals surface area contributed by atoms with Crippen molar-refractivity contribution >= 4 is 49.9 Å². The summed E-state index contributed by atoms with van der Waals surface area (Å²) in [6.07, 6.45) is 1.19. The van der Waals surface area contributed by atoms with Crippen molar-refractivity contribution in [1.82, 2.24) is 9.97 Å². The quantitative estimate of drug-likeness (QED) is 0.230. The number of benzene rings is 4. The molecule has 0 unspecified atom stereocenters. The van der Waals surface area contributed by atoms with Gasteiger partial charge in [0, 0.05) is 47.2 Å². The van der Waals surface area contributed by atoms with E-state index in [-0.39, 0.29) is 4.90 Å². The molecule has 6 rings (SSSR count). The Morgan fingerprint density at radius 3 is 2.07 bits per heavy atom. The summed E-state index contributed by atoms with van der Waals surface area (Å²) in [6.45, 7) is 2.56. The number of aromatic nitrogens is 2. The zero-order valence-electron chi connectivity index (χ0n) is 24.4. The first kappa shape index (κ1) is 29.7. The summed E-state index contributed by atoms with van der Waals surface area (Å²) < 4.78 is 29.9. The maximum atomic E-state index is 12.6. The zero-order valence-corrected chi connectivity index (χ0v) is 25.2. The Kier molecular flexibility index (Phi) is 8.16. The molecule has 0 bridgehead atoms. The highest BCUT2D eigenvalue weighted by Gasteiger charge is 2.19. The Hall–Kier alpha value is -5.33. The maximum absolute atomic E-state index is 12.6. The minimum atomic E-state index is -3.36. The van der Waals surface area contributed by atoms with E-state index in [4.69, 9.17) is 20.4 Å². The van der Waals surface area contributed by atoms with Gasteiger partial charge < -0.3 is 26.0 Å². The minimum Gasteiger partial charge on any atom is -0.378 e. The predicted molar refractivity (Wildman–Crippen MR) is 174 cm³/mol. The number of morpholine rings is 1. The third-order valence-corrected chi connectivity index (χ3v) is 8.52. The predicted octanol–water partition coefficient (Wildman–Crippen LogP) is 4.95. The molecule has 4 N–H and O–H groups in total. The van der Waals surface area contributed by atoms with Gasteiger partial charge >= 0.3 is 6.03 Å². The number of nitrogens with one attached hydrogen (secondary N) is 2. The van der Waals surface area contributed by atoms with Crippen LogP contribution in [0.5, 0.6) is 0 Å². The van der Waals surface area contributed by atoms with Crippen molar-refractivity contribution in [1.29, 1.82) is 0 Å². The van der Waals surface area contributed by atoms with Gasteiger partial charge in [0.05, 0.1) is 23.6 Å². The Labute approximate surface area is 260 Å². The molecular weight excluding hydrogens is 592 g/mol. The first-order valence-corrected chi connectivity index (χ1v) is 16.1. The van der Waals surface area contributed by atoms with Crippen LogP contribution in [0.3, 0.4) is 0 Å². The second kappa shape index (κ2) is 12.3. The summed E-state index contributed by atoms with van der Waals surface area (Å²) in [5.74, 6) is 0.758. The van der Waals surface area contributed by atoms with E-state index in [1.54, 1.807) is 42.5 Å². The smallest absolute Gasteiger partial charge is 0.323 e. The number of rotatable bonds is 7. The lowest BCUT2D eigenvalue weighted by atomic mass is 10.0. The number of nitrogens with two attached hydrogens (primary N) is 1. The number of hydrogen-bond acceptors (Lipinski definition) is 8.